The minimum absolute atomic E-state index is 0.248. The Balaban J connectivity index is 2.45. The highest BCUT2D eigenvalue weighted by molar-refractivity contribution is 5.39. The molecule has 0 aliphatic carbocycles. The first-order valence-electron chi connectivity index (χ1n) is 6.18. The van der Waals surface area contributed by atoms with Gasteiger partial charge in [-0.3, -0.25) is 9.64 Å². The Morgan fingerprint density at radius 1 is 1.16 bits per heavy atom. The average molecular weight is 276 g/mol. The number of ether oxygens (including phenoxy) is 1. The molecule has 0 heterocycles. The van der Waals surface area contributed by atoms with Crippen molar-refractivity contribution >= 4 is 5.69 Å². The fraction of sp³-hybridized carbons (Fsp3) is 0.538. The number of nitrogen functional groups attached to an aromatic ring is 1. The zero-order chi connectivity index (χ0) is 14.3. The van der Waals surface area contributed by atoms with Gasteiger partial charge in [-0.15, -0.1) is 13.2 Å². The maximum Gasteiger partial charge on any atom is 0.522 e. The second-order valence-electron chi connectivity index (χ2n) is 4.31. The summed E-state index contributed by atoms with van der Waals surface area (Å²) in [6.07, 6.45) is -3.68. The highest BCUT2D eigenvalue weighted by Crippen LogP contribution is 2.16. The summed E-state index contributed by atoms with van der Waals surface area (Å²) < 4.78 is 39.5. The number of nitrogens with two attached hydrogens (primary N) is 1. The van der Waals surface area contributed by atoms with Crippen molar-refractivity contribution in [2.75, 3.05) is 25.4 Å². The second kappa shape index (κ2) is 7.35. The molecule has 0 fully saturated rings. The van der Waals surface area contributed by atoms with Crippen molar-refractivity contribution in [3.63, 3.8) is 0 Å². The molecule has 2 N–H and O–H groups in total. The Morgan fingerprint density at radius 2 is 1.79 bits per heavy atom. The van der Waals surface area contributed by atoms with Crippen molar-refractivity contribution < 1.29 is 17.9 Å². The molecule has 1 aromatic rings. The van der Waals surface area contributed by atoms with Gasteiger partial charge >= 0.3 is 6.36 Å². The Hall–Kier alpha value is -1.27. The summed E-state index contributed by atoms with van der Waals surface area (Å²) in [6.45, 7) is 3.21. The molecule has 0 radical (unpaired) electrons. The topological polar surface area (TPSA) is 38.5 Å². The molecule has 0 saturated carbocycles. The largest absolute Gasteiger partial charge is 0.522 e. The number of alkyl halides is 3. The number of halogens is 3. The average Bonchev–Trinajstić information content (AvgIpc) is 2.30. The van der Waals surface area contributed by atoms with Crippen molar-refractivity contribution in [1.29, 1.82) is 0 Å². The number of benzene rings is 1. The van der Waals surface area contributed by atoms with E-state index in [1.54, 1.807) is 12.1 Å². The van der Waals surface area contributed by atoms with Crippen molar-refractivity contribution in [3.05, 3.63) is 29.8 Å². The number of hydrogen-bond donors (Lipinski definition) is 1. The molecule has 19 heavy (non-hydrogen) atoms. The summed E-state index contributed by atoms with van der Waals surface area (Å²) >= 11 is 0. The SMILES string of the molecule is CCCN(CCOC(F)(F)F)Cc1ccc(N)cc1. The van der Waals surface area contributed by atoms with E-state index in [0.717, 1.165) is 18.5 Å². The van der Waals surface area contributed by atoms with E-state index in [1.807, 2.05) is 24.0 Å². The molecular weight excluding hydrogens is 257 g/mol. The van der Waals surface area contributed by atoms with Crippen LogP contribution in [0.1, 0.15) is 18.9 Å². The smallest absolute Gasteiger partial charge is 0.399 e. The number of nitrogens with zero attached hydrogens (tertiary/aromatic N) is 1. The summed E-state index contributed by atoms with van der Waals surface area (Å²) in [5, 5.41) is 0. The van der Waals surface area contributed by atoms with Crippen molar-refractivity contribution in [1.82, 2.24) is 4.90 Å². The lowest BCUT2D eigenvalue weighted by Crippen LogP contribution is -2.30. The van der Waals surface area contributed by atoms with Crippen LogP contribution >= 0.6 is 0 Å². The minimum atomic E-state index is -4.56. The Morgan fingerprint density at radius 3 is 2.32 bits per heavy atom. The third-order valence-corrected chi connectivity index (χ3v) is 2.60. The predicted molar refractivity (Wildman–Crippen MR) is 68.4 cm³/mol. The van der Waals surface area contributed by atoms with Gasteiger partial charge in [-0.2, -0.15) is 0 Å². The van der Waals surface area contributed by atoms with E-state index in [2.05, 4.69) is 4.74 Å². The highest BCUT2D eigenvalue weighted by Gasteiger charge is 2.28. The van der Waals surface area contributed by atoms with E-state index in [-0.39, 0.29) is 13.2 Å². The quantitative estimate of drug-likeness (QED) is 0.778. The summed E-state index contributed by atoms with van der Waals surface area (Å²) in [4.78, 5) is 1.93. The first kappa shape index (κ1) is 15.8. The van der Waals surface area contributed by atoms with Gasteiger partial charge in [0.15, 0.2) is 0 Å². The highest BCUT2D eigenvalue weighted by atomic mass is 19.4. The lowest BCUT2D eigenvalue weighted by Gasteiger charge is -2.22. The van der Waals surface area contributed by atoms with Crippen molar-refractivity contribution in [3.8, 4) is 0 Å². The molecule has 0 atom stereocenters. The summed E-state index contributed by atoms with van der Waals surface area (Å²) in [5.41, 5.74) is 7.28. The van der Waals surface area contributed by atoms with Crippen LogP contribution in [-0.4, -0.2) is 31.0 Å². The molecule has 3 nitrogen and oxygen atoms in total. The van der Waals surface area contributed by atoms with E-state index in [4.69, 9.17) is 5.73 Å². The van der Waals surface area contributed by atoms with Crippen LogP contribution in [0.5, 0.6) is 0 Å². The van der Waals surface area contributed by atoms with Gasteiger partial charge < -0.3 is 5.73 Å². The Bertz CT molecular complexity index is 365. The zero-order valence-electron chi connectivity index (χ0n) is 10.9. The predicted octanol–water partition coefficient (Wildman–Crippen LogP) is 3.02. The van der Waals surface area contributed by atoms with Crippen molar-refractivity contribution in [2.24, 2.45) is 0 Å². The van der Waals surface area contributed by atoms with Crippen LogP contribution in [0.4, 0.5) is 18.9 Å². The Labute approximate surface area is 111 Å². The van der Waals surface area contributed by atoms with E-state index < -0.39 is 6.36 Å². The maximum atomic E-state index is 11.9. The third-order valence-electron chi connectivity index (χ3n) is 2.60. The van der Waals surface area contributed by atoms with Crippen LogP contribution in [0.2, 0.25) is 0 Å². The molecule has 1 aromatic carbocycles. The summed E-state index contributed by atoms with van der Waals surface area (Å²) in [7, 11) is 0. The third kappa shape index (κ3) is 7.03. The molecule has 0 aromatic heterocycles. The fourth-order valence-corrected chi connectivity index (χ4v) is 1.76. The molecule has 0 saturated heterocycles. The van der Waals surface area contributed by atoms with E-state index >= 15 is 0 Å². The number of anilines is 1. The number of hydrogen-bond acceptors (Lipinski definition) is 3. The lowest BCUT2D eigenvalue weighted by atomic mass is 10.2. The van der Waals surface area contributed by atoms with E-state index in [1.165, 1.54) is 0 Å². The van der Waals surface area contributed by atoms with Gasteiger partial charge in [0.2, 0.25) is 0 Å². The molecule has 108 valence electrons. The molecule has 0 aliphatic rings. The molecule has 1 rings (SSSR count). The van der Waals surface area contributed by atoms with Gasteiger partial charge in [0, 0.05) is 18.8 Å². The molecule has 0 amide bonds. The summed E-state index contributed by atoms with van der Waals surface area (Å²) in [6, 6.07) is 7.32. The van der Waals surface area contributed by atoms with Gasteiger partial charge in [0.1, 0.15) is 0 Å². The van der Waals surface area contributed by atoms with E-state index in [0.29, 0.717) is 12.2 Å². The van der Waals surface area contributed by atoms with E-state index in [9.17, 15) is 13.2 Å². The van der Waals surface area contributed by atoms with Gasteiger partial charge in [0.05, 0.1) is 6.61 Å². The zero-order valence-corrected chi connectivity index (χ0v) is 10.9. The van der Waals surface area contributed by atoms with Crippen LogP contribution < -0.4 is 5.73 Å². The molecule has 0 unspecified atom stereocenters. The molecule has 0 spiro atoms. The minimum Gasteiger partial charge on any atom is -0.399 e. The van der Waals surface area contributed by atoms with Gasteiger partial charge in [-0.05, 0) is 30.7 Å². The molecule has 0 bridgehead atoms. The Kier molecular flexibility index (Phi) is 6.11. The van der Waals surface area contributed by atoms with Gasteiger partial charge in [-0.25, -0.2) is 0 Å². The van der Waals surface area contributed by atoms with Crippen LogP contribution in [0, 0.1) is 0 Å². The first-order chi connectivity index (χ1) is 8.90. The number of rotatable bonds is 7. The van der Waals surface area contributed by atoms with Gasteiger partial charge in [0.25, 0.3) is 0 Å². The fourth-order valence-electron chi connectivity index (χ4n) is 1.76. The summed E-state index contributed by atoms with van der Waals surface area (Å²) in [5.74, 6) is 0. The van der Waals surface area contributed by atoms with Gasteiger partial charge in [-0.1, -0.05) is 19.1 Å². The van der Waals surface area contributed by atoms with Crippen LogP contribution in [0.25, 0.3) is 0 Å². The van der Waals surface area contributed by atoms with Crippen LogP contribution in [-0.2, 0) is 11.3 Å². The monoisotopic (exact) mass is 276 g/mol. The molecule has 0 aliphatic heterocycles. The van der Waals surface area contributed by atoms with Crippen molar-refractivity contribution in [2.45, 2.75) is 26.3 Å². The first-order valence-corrected chi connectivity index (χ1v) is 6.18. The van der Waals surface area contributed by atoms with Crippen LogP contribution in [0.3, 0.4) is 0 Å². The second-order valence-corrected chi connectivity index (χ2v) is 4.31. The standard InChI is InChI=1S/C13H19F3N2O/c1-2-7-18(8-9-19-13(14,15)16)10-11-3-5-12(17)6-4-11/h3-6H,2,7-10,17H2,1H3. The molecular formula is C13H19F3N2O. The molecule has 6 heteroatoms. The van der Waals surface area contributed by atoms with Crippen LogP contribution in [0.15, 0.2) is 24.3 Å². The normalized spacial score (nSPS) is 12.1. The lowest BCUT2D eigenvalue weighted by molar-refractivity contribution is -0.325. The maximum absolute atomic E-state index is 11.9.